The predicted octanol–water partition coefficient (Wildman–Crippen LogP) is 3.05. The second-order valence-electron chi connectivity index (χ2n) is 5.12. The average molecular weight is 340 g/mol. The molecule has 0 saturated heterocycles. The molecule has 0 aliphatic rings. The summed E-state index contributed by atoms with van der Waals surface area (Å²) in [4.78, 5) is -0.0314. The van der Waals surface area contributed by atoms with Crippen molar-refractivity contribution in [1.29, 1.82) is 0 Å². The Kier molecular flexibility index (Phi) is 5.49. The summed E-state index contributed by atoms with van der Waals surface area (Å²) in [5.41, 5.74) is -0.128. The molecular formula is C13H19Cl2NO3S. The number of rotatable bonds is 5. The molecule has 0 spiro atoms. The molecule has 0 fully saturated rings. The van der Waals surface area contributed by atoms with Crippen LogP contribution in [0.2, 0.25) is 10.0 Å². The third-order valence-corrected chi connectivity index (χ3v) is 5.82. The van der Waals surface area contributed by atoms with E-state index in [2.05, 4.69) is 4.72 Å². The third kappa shape index (κ3) is 3.86. The maximum Gasteiger partial charge on any atom is 0.242 e. The van der Waals surface area contributed by atoms with Crippen molar-refractivity contribution in [2.45, 2.75) is 44.6 Å². The van der Waals surface area contributed by atoms with Gasteiger partial charge in [0.05, 0.1) is 10.6 Å². The van der Waals surface area contributed by atoms with Crippen LogP contribution >= 0.6 is 23.2 Å². The number of aryl methyl sites for hydroxylation is 1. The summed E-state index contributed by atoms with van der Waals surface area (Å²) in [5.74, 6) is 0. The molecule has 0 aromatic heterocycles. The lowest BCUT2D eigenvalue weighted by atomic mass is 10.1. The normalized spacial score (nSPS) is 15.2. The lowest BCUT2D eigenvalue weighted by molar-refractivity contribution is 0.0613. The van der Waals surface area contributed by atoms with Crippen LogP contribution in [0.4, 0.5) is 0 Å². The SMILES string of the molecule is CCC(C)(O)CNS(=O)(=O)c1c(C)c(Cl)cc(C)c1Cl. The summed E-state index contributed by atoms with van der Waals surface area (Å²) in [6, 6.07) is 1.63. The van der Waals surface area contributed by atoms with E-state index in [-0.39, 0.29) is 16.5 Å². The highest BCUT2D eigenvalue weighted by atomic mass is 35.5. The van der Waals surface area contributed by atoms with E-state index in [0.717, 1.165) is 0 Å². The van der Waals surface area contributed by atoms with Gasteiger partial charge in [0.15, 0.2) is 0 Å². The van der Waals surface area contributed by atoms with Crippen LogP contribution in [-0.4, -0.2) is 25.7 Å². The fraction of sp³-hybridized carbons (Fsp3) is 0.538. The van der Waals surface area contributed by atoms with E-state index >= 15 is 0 Å². The Morgan fingerprint density at radius 3 is 2.40 bits per heavy atom. The summed E-state index contributed by atoms with van der Waals surface area (Å²) < 4.78 is 27.1. The topological polar surface area (TPSA) is 66.4 Å². The van der Waals surface area contributed by atoms with Crippen molar-refractivity contribution < 1.29 is 13.5 Å². The van der Waals surface area contributed by atoms with Crippen molar-refractivity contribution in [1.82, 2.24) is 4.72 Å². The number of hydrogen-bond donors (Lipinski definition) is 2. The highest BCUT2D eigenvalue weighted by molar-refractivity contribution is 7.89. The lowest BCUT2D eigenvalue weighted by Gasteiger charge is -2.22. The van der Waals surface area contributed by atoms with Gasteiger partial charge in [-0.3, -0.25) is 0 Å². The van der Waals surface area contributed by atoms with E-state index in [4.69, 9.17) is 23.2 Å². The fourth-order valence-corrected chi connectivity index (χ4v) is 3.95. The van der Waals surface area contributed by atoms with Crippen molar-refractivity contribution >= 4 is 33.2 Å². The van der Waals surface area contributed by atoms with Gasteiger partial charge in [0.1, 0.15) is 4.90 Å². The predicted molar refractivity (Wildman–Crippen MR) is 82.0 cm³/mol. The number of nitrogens with one attached hydrogen (secondary N) is 1. The van der Waals surface area contributed by atoms with Crippen LogP contribution in [0, 0.1) is 13.8 Å². The minimum absolute atomic E-state index is 0.0314. The number of aliphatic hydroxyl groups is 1. The monoisotopic (exact) mass is 339 g/mol. The second-order valence-corrected chi connectivity index (χ2v) is 7.61. The molecule has 1 aromatic carbocycles. The van der Waals surface area contributed by atoms with Gasteiger partial charge in [-0.2, -0.15) is 0 Å². The number of sulfonamides is 1. The first kappa shape index (κ1) is 17.7. The van der Waals surface area contributed by atoms with Crippen LogP contribution in [0.25, 0.3) is 0 Å². The van der Waals surface area contributed by atoms with Crippen molar-refractivity contribution in [3.8, 4) is 0 Å². The van der Waals surface area contributed by atoms with Crippen LogP contribution in [0.5, 0.6) is 0 Å². The Bertz CT molecular complexity index is 586. The molecule has 0 aliphatic carbocycles. The van der Waals surface area contributed by atoms with E-state index < -0.39 is 15.6 Å². The molecule has 1 atom stereocenters. The highest BCUT2D eigenvalue weighted by Gasteiger charge is 2.27. The van der Waals surface area contributed by atoms with Gasteiger partial charge in [0.2, 0.25) is 10.0 Å². The standard InChI is InChI=1S/C13H19Cl2NO3S/c1-5-13(4,17)7-16-20(18,19)12-9(3)10(14)6-8(2)11(12)15/h6,16-17H,5,7H2,1-4H3. The Morgan fingerprint density at radius 2 is 1.90 bits per heavy atom. The second kappa shape index (κ2) is 6.20. The Labute approximate surface area is 130 Å². The number of benzene rings is 1. The molecule has 1 unspecified atom stereocenters. The fourth-order valence-electron chi connectivity index (χ4n) is 1.58. The maximum atomic E-state index is 12.4. The molecule has 20 heavy (non-hydrogen) atoms. The molecule has 0 bridgehead atoms. The Hall–Kier alpha value is -0.330. The summed E-state index contributed by atoms with van der Waals surface area (Å²) in [6.07, 6.45) is 0.427. The van der Waals surface area contributed by atoms with Crippen LogP contribution < -0.4 is 4.72 Å². The quantitative estimate of drug-likeness (QED) is 0.866. The average Bonchev–Trinajstić information content (AvgIpc) is 2.34. The third-order valence-electron chi connectivity index (χ3n) is 3.26. The number of hydrogen-bond acceptors (Lipinski definition) is 3. The van der Waals surface area contributed by atoms with Gasteiger partial charge < -0.3 is 5.11 Å². The van der Waals surface area contributed by atoms with Crippen molar-refractivity contribution in [2.24, 2.45) is 0 Å². The molecule has 0 amide bonds. The zero-order chi connectivity index (χ0) is 15.7. The minimum Gasteiger partial charge on any atom is -0.389 e. The van der Waals surface area contributed by atoms with E-state index in [1.807, 2.05) is 0 Å². The van der Waals surface area contributed by atoms with Gasteiger partial charge in [-0.25, -0.2) is 13.1 Å². The zero-order valence-electron chi connectivity index (χ0n) is 11.9. The summed E-state index contributed by atoms with van der Waals surface area (Å²) in [5, 5.41) is 10.4. The van der Waals surface area contributed by atoms with Crippen molar-refractivity contribution in [3.05, 3.63) is 27.2 Å². The van der Waals surface area contributed by atoms with Crippen LogP contribution in [-0.2, 0) is 10.0 Å². The molecule has 2 N–H and O–H groups in total. The first-order chi connectivity index (χ1) is 9.02. The van der Waals surface area contributed by atoms with Crippen molar-refractivity contribution in [3.63, 3.8) is 0 Å². The van der Waals surface area contributed by atoms with E-state index in [9.17, 15) is 13.5 Å². The van der Waals surface area contributed by atoms with Gasteiger partial charge in [-0.05, 0) is 44.4 Å². The van der Waals surface area contributed by atoms with Gasteiger partial charge >= 0.3 is 0 Å². The summed E-state index contributed by atoms with van der Waals surface area (Å²) in [7, 11) is -3.84. The smallest absolute Gasteiger partial charge is 0.242 e. The van der Waals surface area contributed by atoms with Gasteiger partial charge in [0, 0.05) is 11.6 Å². The molecule has 0 heterocycles. The molecule has 1 rings (SSSR count). The minimum atomic E-state index is -3.84. The maximum absolute atomic E-state index is 12.4. The van der Waals surface area contributed by atoms with Crippen molar-refractivity contribution in [2.75, 3.05) is 6.54 Å². The largest absolute Gasteiger partial charge is 0.389 e. The first-order valence-corrected chi connectivity index (χ1v) is 8.43. The highest BCUT2D eigenvalue weighted by Crippen LogP contribution is 2.33. The van der Waals surface area contributed by atoms with Crippen LogP contribution in [0.15, 0.2) is 11.0 Å². The van der Waals surface area contributed by atoms with E-state index in [0.29, 0.717) is 22.6 Å². The van der Waals surface area contributed by atoms with Gasteiger partial charge in [-0.1, -0.05) is 30.1 Å². The number of halogens is 2. The zero-order valence-corrected chi connectivity index (χ0v) is 14.2. The lowest BCUT2D eigenvalue weighted by Crippen LogP contribution is -2.40. The first-order valence-electron chi connectivity index (χ1n) is 6.19. The van der Waals surface area contributed by atoms with E-state index in [1.165, 1.54) is 0 Å². The Balaban J connectivity index is 3.24. The summed E-state index contributed by atoms with van der Waals surface area (Å²) in [6.45, 7) is 6.53. The summed E-state index contributed by atoms with van der Waals surface area (Å²) >= 11 is 12.1. The Morgan fingerprint density at radius 1 is 1.35 bits per heavy atom. The molecular weight excluding hydrogens is 321 g/mol. The molecule has 0 saturated carbocycles. The van der Waals surface area contributed by atoms with Gasteiger partial charge in [0.25, 0.3) is 0 Å². The van der Waals surface area contributed by atoms with Crippen LogP contribution in [0.3, 0.4) is 0 Å². The molecule has 0 radical (unpaired) electrons. The molecule has 1 aromatic rings. The van der Waals surface area contributed by atoms with E-state index in [1.54, 1.807) is 33.8 Å². The molecule has 7 heteroatoms. The van der Waals surface area contributed by atoms with Crippen LogP contribution in [0.1, 0.15) is 31.4 Å². The molecule has 114 valence electrons. The molecule has 4 nitrogen and oxygen atoms in total. The van der Waals surface area contributed by atoms with Gasteiger partial charge in [-0.15, -0.1) is 0 Å². The molecule has 0 aliphatic heterocycles.